The number of aryl methyl sites for hydroxylation is 1. The molecule has 0 fully saturated rings. The van der Waals surface area contributed by atoms with Gasteiger partial charge >= 0.3 is 0 Å². The second-order valence-electron chi connectivity index (χ2n) is 4.06. The normalized spacial score (nSPS) is 13.5. The van der Waals surface area contributed by atoms with Gasteiger partial charge in [0.25, 0.3) is 0 Å². The number of ether oxygens (including phenoxy) is 1. The Bertz CT molecular complexity index is 402. The second kappa shape index (κ2) is 6.25. The van der Waals surface area contributed by atoms with Gasteiger partial charge in [0.1, 0.15) is 12.4 Å². The van der Waals surface area contributed by atoms with E-state index in [0.29, 0.717) is 17.9 Å². The first-order valence-corrected chi connectivity index (χ1v) is 5.69. The van der Waals surface area contributed by atoms with Crippen molar-refractivity contribution < 1.29 is 15.1 Å². The van der Waals surface area contributed by atoms with Gasteiger partial charge in [-0.25, -0.2) is 0 Å². The summed E-state index contributed by atoms with van der Waals surface area (Å²) >= 11 is 0. The monoisotopic (exact) mass is 237 g/mol. The van der Waals surface area contributed by atoms with Gasteiger partial charge in [-0.3, -0.25) is 0 Å². The van der Waals surface area contributed by atoms with Crippen LogP contribution < -0.4 is 4.74 Å². The lowest BCUT2D eigenvalue weighted by molar-refractivity contribution is 0.104. The average Bonchev–Trinajstić information content (AvgIpc) is 2.35. The predicted octanol–water partition coefficient (Wildman–Crippen LogP) is 2.34. The molecule has 0 amide bonds. The fourth-order valence-corrected chi connectivity index (χ4v) is 1.41. The van der Waals surface area contributed by atoms with Crippen LogP contribution in [0.1, 0.15) is 31.4 Å². The Labute approximate surface area is 102 Å². The van der Waals surface area contributed by atoms with Crippen molar-refractivity contribution in [2.45, 2.75) is 33.3 Å². The molecule has 1 rings (SSSR count). The molecule has 0 aromatic heterocycles. The Kier molecular flexibility index (Phi) is 4.97. The SMILES string of the molecule is CCC(O)COc1ccc(C)cc1/C(C)=N/O. The fraction of sp³-hybridized carbons (Fsp3) is 0.462. The van der Waals surface area contributed by atoms with E-state index in [1.807, 2.05) is 32.0 Å². The summed E-state index contributed by atoms with van der Waals surface area (Å²) in [4.78, 5) is 0. The quantitative estimate of drug-likeness (QED) is 0.469. The van der Waals surface area contributed by atoms with Crippen LogP contribution in [0.5, 0.6) is 5.75 Å². The molecule has 0 aliphatic rings. The molecule has 0 radical (unpaired) electrons. The standard InChI is InChI=1S/C13H19NO3/c1-4-11(15)8-17-13-6-5-9(2)7-12(13)10(3)14-16/h5-7,11,15-16H,4,8H2,1-3H3/b14-10+. The smallest absolute Gasteiger partial charge is 0.128 e. The van der Waals surface area contributed by atoms with Gasteiger partial charge < -0.3 is 15.1 Å². The summed E-state index contributed by atoms with van der Waals surface area (Å²) in [6.07, 6.45) is 0.171. The summed E-state index contributed by atoms with van der Waals surface area (Å²) in [5, 5.41) is 21.4. The van der Waals surface area contributed by atoms with Gasteiger partial charge in [0.05, 0.1) is 11.8 Å². The van der Waals surface area contributed by atoms with Gasteiger partial charge in [-0.2, -0.15) is 0 Å². The molecule has 4 heteroatoms. The van der Waals surface area contributed by atoms with Gasteiger partial charge in [0.15, 0.2) is 0 Å². The number of rotatable bonds is 5. The third-order valence-corrected chi connectivity index (χ3v) is 2.58. The van der Waals surface area contributed by atoms with E-state index >= 15 is 0 Å². The summed E-state index contributed by atoms with van der Waals surface area (Å²) in [5.74, 6) is 0.624. The first kappa shape index (κ1) is 13.5. The number of nitrogens with zero attached hydrogens (tertiary/aromatic N) is 1. The van der Waals surface area contributed by atoms with Crippen molar-refractivity contribution in [2.24, 2.45) is 5.16 Å². The van der Waals surface area contributed by atoms with E-state index < -0.39 is 6.10 Å². The summed E-state index contributed by atoms with van der Waals surface area (Å²) in [6, 6.07) is 5.63. The van der Waals surface area contributed by atoms with Gasteiger partial charge in [-0.1, -0.05) is 23.7 Å². The van der Waals surface area contributed by atoms with Crippen molar-refractivity contribution in [3.63, 3.8) is 0 Å². The van der Waals surface area contributed by atoms with Crippen LogP contribution in [0.2, 0.25) is 0 Å². The third kappa shape index (κ3) is 3.75. The lowest BCUT2D eigenvalue weighted by atomic mass is 10.1. The molecule has 0 saturated carbocycles. The predicted molar refractivity (Wildman–Crippen MR) is 67.0 cm³/mol. The van der Waals surface area contributed by atoms with E-state index in [4.69, 9.17) is 9.94 Å². The summed E-state index contributed by atoms with van der Waals surface area (Å²) in [7, 11) is 0. The Hall–Kier alpha value is -1.55. The highest BCUT2D eigenvalue weighted by atomic mass is 16.5. The lowest BCUT2D eigenvalue weighted by Gasteiger charge is -2.14. The summed E-state index contributed by atoms with van der Waals surface area (Å²) < 4.78 is 5.53. The molecule has 0 aliphatic carbocycles. The molecule has 1 aromatic carbocycles. The first-order valence-electron chi connectivity index (χ1n) is 5.69. The Morgan fingerprint density at radius 1 is 1.47 bits per heavy atom. The Balaban J connectivity index is 2.91. The molecule has 0 heterocycles. The Morgan fingerprint density at radius 3 is 2.76 bits per heavy atom. The molecule has 1 atom stereocenters. The van der Waals surface area contributed by atoms with Crippen molar-refractivity contribution in [1.82, 2.24) is 0 Å². The first-order chi connectivity index (χ1) is 8.08. The third-order valence-electron chi connectivity index (χ3n) is 2.58. The minimum atomic E-state index is -0.476. The highest BCUT2D eigenvalue weighted by Gasteiger charge is 2.09. The number of aliphatic hydroxyl groups is 1. The number of hydrogen-bond donors (Lipinski definition) is 2. The zero-order valence-electron chi connectivity index (χ0n) is 10.5. The van der Waals surface area contributed by atoms with Gasteiger partial charge in [0.2, 0.25) is 0 Å². The van der Waals surface area contributed by atoms with E-state index in [1.165, 1.54) is 0 Å². The molecule has 4 nitrogen and oxygen atoms in total. The highest BCUT2D eigenvalue weighted by molar-refractivity contribution is 6.00. The van der Waals surface area contributed by atoms with Crippen LogP contribution in [-0.2, 0) is 0 Å². The number of hydrogen-bond acceptors (Lipinski definition) is 4. The molecular formula is C13H19NO3. The van der Waals surface area contributed by atoms with Gasteiger partial charge in [0, 0.05) is 5.56 Å². The van der Waals surface area contributed by atoms with Gasteiger partial charge in [-0.05, 0) is 32.4 Å². The van der Waals surface area contributed by atoms with Crippen molar-refractivity contribution in [1.29, 1.82) is 0 Å². The fourth-order valence-electron chi connectivity index (χ4n) is 1.41. The maximum absolute atomic E-state index is 9.46. The van der Waals surface area contributed by atoms with Crippen LogP contribution in [0.15, 0.2) is 23.4 Å². The van der Waals surface area contributed by atoms with Crippen LogP contribution in [0.3, 0.4) is 0 Å². The lowest BCUT2D eigenvalue weighted by Crippen LogP contribution is -2.17. The second-order valence-corrected chi connectivity index (χ2v) is 4.06. The molecule has 0 saturated heterocycles. The minimum absolute atomic E-state index is 0.241. The van der Waals surface area contributed by atoms with Crippen LogP contribution in [0.25, 0.3) is 0 Å². The maximum atomic E-state index is 9.46. The van der Waals surface area contributed by atoms with Crippen LogP contribution >= 0.6 is 0 Å². The average molecular weight is 237 g/mol. The van der Waals surface area contributed by atoms with Crippen molar-refractivity contribution in [2.75, 3.05) is 6.61 Å². The van der Waals surface area contributed by atoms with Crippen molar-refractivity contribution >= 4 is 5.71 Å². The summed E-state index contributed by atoms with van der Waals surface area (Å²) in [6.45, 7) is 5.80. The molecule has 2 N–H and O–H groups in total. The number of oxime groups is 1. The highest BCUT2D eigenvalue weighted by Crippen LogP contribution is 2.21. The molecular weight excluding hydrogens is 218 g/mol. The van der Waals surface area contributed by atoms with Crippen molar-refractivity contribution in [3.05, 3.63) is 29.3 Å². The Morgan fingerprint density at radius 2 is 2.18 bits per heavy atom. The minimum Gasteiger partial charge on any atom is -0.490 e. The molecule has 0 bridgehead atoms. The number of aliphatic hydroxyl groups excluding tert-OH is 1. The molecule has 17 heavy (non-hydrogen) atoms. The molecule has 0 aliphatic heterocycles. The maximum Gasteiger partial charge on any atom is 0.128 e. The van der Waals surface area contributed by atoms with Crippen LogP contribution in [0.4, 0.5) is 0 Å². The topological polar surface area (TPSA) is 62.0 Å². The van der Waals surface area contributed by atoms with E-state index in [0.717, 1.165) is 11.1 Å². The van der Waals surface area contributed by atoms with E-state index in [2.05, 4.69) is 5.16 Å². The molecule has 1 aromatic rings. The molecule has 1 unspecified atom stereocenters. The van der Waals surface area contributed by atoms with E-state index in [-0.39, 0.29) is 6.61 Å². The summed E-state index contributed by atoms with van der Waals surface area (Å²) in [5.41, 5.74) is 2.30. The van der Waals surface area contributed by atoms with E-state index in [9.17, 15) is 5.11 Å². The molecule has 94 valence electrons. The zero-order chi connectivity index (χ0) is 12.8. The molecule has 0 spiro atoms. The van der Waals surface area contributed by atoms with Gasteiger partial charge in [-0.15, -0.1) is 0 Å². The number of benzene rings is 1. The zero-order valence-corrected chi connectivity index (χ0v) is 10.5. The van der Waals surface area contributed by atoms with Crippen LogP contribution in [-0.4, -0.2) is 28.7 Å². The largest absolute Gasteiger partial charge is 0.490 e. The van der Waals surface area contributed by atoms with E-state index in [1.54, 1.807) is 6.92 Å². The van der Waals surface area contributed by atoms with Crippen molar-refractivity contribution in [3.8, 4) is 5.75 Å². The van der Waals surface area contributed by atoms with Crippen LogP contribution in [0, 0.1) is 6.92 Å².